The molecule has 42 heavy (non-hydrogen) atoms. The summed E-state index contributed by atoms with van der Waals surface area (Å²) in [4.78, 5) is 27.7. The van der Waals surface area contributed by atoms with Gasteiger partial charge in [0.05, 0.1) is 30.1 Å². The van der Waals surface area contributed by atoms with Gasteiger partial charge in [0.1, 0.15) is 28.9 Å². The van der Waals surface area contributed by atoms with E-state index >= 15 is 4.39 Å². The van der Waals surface area contributed by atoms with Gasteiger partial charge >= 0.3 is 18.3 Å². The van der Waals surface area contributed by atoms with Crippen molar-refractivity contribution in [3.05, 3.63) is 11.0 Å². The van der Waals surface area contributed by atoms with Crippen molar-refractivity contribution >= 4 is 34.4 Å². The third-order valence-corrected chi connectivity index (χ3v) is 8.34. The minimum absolute atomic E-state index is 0.169. The second-order valence-corrected chi connectivity index (χ2v) is 12.4. The molecule has 5 heterocycles. The summed E-state index contributed by atoms with van der Waals surface area (Å²) in [5.74, 6) is -5.36. The average Bonchev–Trinajstić information content (AvgIpc) is 3.33. The molecule has 3 aliphatic heterocycles. The molecule has 1 unspecified atom stereocenters. The minimum Gasteiger partial charge on any atom is -0.462 e. The predicted octanol–water partition coefficient (Wildman–Crippen LogP) is 4.49. The summed E-state index contributed by atoms with van der Waals surface area (Å²) in [5.41, 5.74) is -3.37. The van der Waals surface area contributed by atoms with E-state index in [1.807, 2.05) is 0 Å². The first-order valence-corrected chi connectivity index (χ1v) is 13.5. The molecule has 2 aromatic heterocycles. The van der Waals surface area contributed by atoms with Crippen molar-refractivity contribution in [3.63, 3.8) is 0 Å². The fourth-order valence-electron chi connectivity index (χ4n) is 6.00. The van der Waals surface area contributed by atoms with Gasteiger partial charge in [-0.15, -0.1) is 0 Å². The van der Waals surface area contributed by atoms with Gasteiger partial charge in [0.15, 0.2) is 11.0 Å². The van der Waals surface area contributed by atoms with Crippen molar-refractivity contribution in [2.75, 3.05) is 24.7 Å². The number of carbonyl (C=O) groups is 1. The second kappa shape index (κ2) is 9.24. The number of hydrogen-bond donors (Lipinski definition) is 1. The maximum absolute atomic E-state index is 15.3. The van der Waals surface area contributed by atoms with Crippen LogP contribution in [0.4, 0.5) is 37.0 Å². The first-order valence-electron chi connectivity index (χ1n) is 13.5. The summed E-state index contributed by atoms with van der Waals surface area (Å²) in [5, 5.41) is 3.01. The average molecular weight is 628 g/mol. The molecule has 6 rings (SSSR count). The first kappa shape index (κ1) is 27.8. The molecule has 4 aliphatic rings. The SMILES string of the molecule is [3H]OCC1(COc2nc3c4c(nc(Cl)c(F)c4n2)O[C@@H](C(F)(F)F)[C@@H]2[C@@H]4CC[C@H](CN32)N4C(=O)OC(C)(C)C)CC1(F)F. The van der Waals surface area contributed by atoms with Gasteiger partial charge in [0, 0.05) is 13.0 Å². The number of rotatable bonds is 5. The molecule has 3 fully saturated rings. The number of piperazine rings is 1. The van der Waals surface area contributed by atoms with E-state index in [2.05, 4.69) is 20.1 Å². The van der Waals surface area contributed by atoms with Crippen LogP contribution in [0.5, 0.6) is 11.9 Å². The van der Waals surface area contributed by atoms with Crippen LogP contribution in [0.1, 0.15) is 40.0 Å². The van der Waals surface area contributed by atoms with Gasteiger partial charge in [-0.2, -0.15) is 28.1 Å². The number of aliphatic hydroxyl groups is 1. The van der Waals surface area contributed by atoms with Crippen molar-refractivity contribution in [1.29, 1.82) is 1.43 Å². The lowest BCUT2D eigenvalue weighted by molar-refractivity contribution is -0.206. The molecule has 230 valence electrons. The number of ether oxygens (including phenoxy) is 3. The Hall–Kier alpha value is -3.01. The van der Waals surface area contributed by atoms with Gasteiger partial charge in [0.2, 0.25) is 13.4 Å². The molecule has 0 radical (unpaired) electrons. The summed E-state index contributed by atoms with van der Waals surface area (Å²) >= 11 is 5.93. The summed E-state index contributed by atoms with van der Waals surface area (Å²) in [7, 11) is 0. The summed E-state index contributed by atoms with van der Waals surface area (Å²) in [6, 6.07) is -3.88. The van der Waals surface area contributed by atoms with E-state index in [1.54, 1.807) is 20.8 Å². The number of nitrogens with zero attached hydrogens (tertiary/aromatic N) is 5. The topological polar surface area (TPSA) is 110 Å². The van der Waals surface area contributed by atoms with Crippen molar-refractivity contribution < 1.29 is 50.5 Å². The third-order valence-electron chi connectivity index (χ3n) is 8.09. The van der Waals surface area contributed by atoms with E-state index in [1.165, 1.54) is 9.80 Å². The summed E-state index contributed by atoms with van der Waals surface area (Å²) in [6.45, 7) is 3.32. The van der Waals surface area contributed by atoms with Crippen LogP contribution in [-0.4, -0.2) is 94.2 Å². The van der Waals surface area contributed by atoms with Gasteiger partial charge in [-0.05, 0) is 33.6 Å². The largest absolute Gasteiger partial charge is 0.462 e. The maximum atomic E-state index is 15.3. The number of anilines is 1. The molecule has 1 N–H and O–H groups in total. The highest BCUT2D eigenvalue weighted by Gasteiger charge is 2.71. The lowest BCUT2D eigenvalue weighted by Gasteiger charge is -2.48. The van der Waals surface area contributed by atoms with Crippen molar-refractivity contribution in [1.82, 2.24) is 19.9 Å². The molecule has 5 atom stereocenters. The molecule has 1 aliphatic carbocycles. The molecule has 0 spiro atoms. The number of aromatic nitrogens is 3. The number of alkyl halides is 5. The Labute approximate surface area is 241 Å². The molecule has 10 nitrogen and oxygen atoms in total. The van der Waals surface area contributed by atoms with Gasteiger partial charge in [-0.3, -0.25) is 4.90 Å². The number of amides is 1. The fourth-order valence-corrected chi connectivity index (χ4v) is 6.16. The molecular formula is C25H26ClF6N5O5. The molecule has 2 bridgehead atoms. The molecular weight excluding hydrogens is 600 g/mol. The highest BCUT2D eigenvalue weighted by molar-refractivity contribution is 6.30. The normalized spacial score (nSPS) is 29.9. The van der Waals surface area contributed by atoms with E-state index in [0.29, 0.717) is 6.42 Å². The molecule has 1 amide bonds. The van der Waals surface area contributed by atoms with E-state index in [0.717, 1.165) is 0 Å². The quantitative estimate of drug-likeness (QED) is 0.379. The smallest absolute Gasteiger partial charge is 0.427 e. The van der Waals surface area contributed by atoms with E-state index < -0.39 is 101 Å². The first-order chi connectivity index (χ1) is 20.0. The van der Waals surface area contributed by atoms with Crippen LogP contribution >= 0.6 is 11.6 Å². The molecule has 2 saturated heterocycles. The number of pyridine rings is 1. The number of hydrogen-bond acceptors (Lipinski definition) is 9. The molecule has 2 aromatic rings. The minimum atomic E-state index is -5.00. The Kier molecular flexibility index (Phi) is 6.12. The highest BCUT2D eigenvalue weighted by Crippen LogP contribution is 2.60. The van der Waals surface area contributed by atoms with Crippen LogP contribution in [-0.2, 0) is 4.74 Å². The third kappa shape index (κ3) is 4.52. The monoisotopic (exact) mass is 627 g/mol. The van der Waals surface area contributed by atoms with Gasteiger partial charge in [-0.25, -0.2) is 18.0 Å². The van der Waals surface area contributed by atoms with Gasteiger partial charge < -0.3 is 24.2 Å². The van der Waals surface area contributed by atoms with Gasteiger partial charge in [0.25, 0.3) is 5.92 Å². The zero-order chi connectivity index (χ0) is 31.3. The van der Waals surface area contributed by atoms with Crippen LogP contribution < -0.4 is 14.4 Å². The Bertz CT molecular complexity index is 1480. The highest BCUT2D eigenvalue weighted by atomic mass is 35.5. The standard InChI is InChI=1S/C25H26ClF6N5O5/c1-22(2,3)42-21(39)37-10-4-5-11(37)15-16(25(30,31)32)41-19-12-14(13(27)17(26)34-19)33-20(35-18(12)36(15)6-10)40-9-23(8-38)7-24(23,28)29/h10-11,15-16,38H,4-9H2,1-3H3/t10-,11+,15+,16-,23?/m1/s1/i38T. The van der Waals surface area contributed by atoms with E-state index in [-0.39, 0.29) is 24.2 Å². The number of carbonyl (C=O) groups excluding carboxylic acids is 1. The number of aliphatic hydroxyl groups excluding tert-OH is 1. The number of fused-ring (bicyclic) bond motifs is 5. The summed E-state index contributed by atoms with van der Waals surface area (Å²) < 4.78 is 111. The Balaban J connectivity index is 1.47. The second-order valence-electron chi connectivity index (χ2n) is 12.1. The van der Waals surface area contributed by atoms with Crippen LogP contribution in [0, 0.1) is 11.2 Å². The Morgan fingerprint density at radius 3 is 2.57 bits per heavy atom. The lowest BCUT2D eigenvalue weighted by Crippen LogP contribution is -2.68. The van der Waals surface area contributed by atoms with E-state index in [9.17, 15) is 26.7 Å². The zero-order valence-corrected chi connectivity index (χ0v) is 23.2. The van der Waals surface area contributed by atoms with Crippen molar-refractivity contribution in [2.45, 2.75) is 82.0 Å². The molecule has 1 saturated carbocycles. The lowest BCUT2D eigenvalue weighted by atomic mass is 9.96. The maximum Gasteiger partial charge on any atom is 0.427 e. The summed E-state index contributed by atoms with van der Waals surface area (Å²) in [6.07, 6.45) is -8.50. The fraction of sp³-hybridized carbons (Fsp3) is 0.680. The Morgan fingerprint density at radius 1 is 1.24 bits per heavy atom. The number of halogens is 7. The van der Waals surface area contributed by atoms with Crippen molar-refractivity contribution in [3.8, 4) is 11.9 Å². The zero-order valence-electron chi connectivity index (χ0n) is 23.5. The van der Waals surface area contributed by atoms with Crippen LogP contribution in [0.3, 0.4) is 0 Å². The van der Waals surface area contributed by atoms with E-state index in [4.69, 9.17) is 27.2 Å². The Morgan fingerprint density at radius 2 is 1.95 bits per heavy atom. The molecule has 0 aromatic carbocycles. The predicted molar refractivity (Wildman–Crippen MR) is 133 cm³/mol. The molecule has 17 heteroatoms. The van der Waals surface area contributed by atoms with Gasteiger partial charge in [-0.1, -0.05) is 11.6 Å². The van der Waals surface area contributed by atoms with Crippen LogP contribution in [0.2, 0.25) is 5.15 Å². The van der Waals surface area contributed by atoms with Crippen molar-refractivity contribution in [2.24, 2.45) is 5.41 Å². The van der Waals surface area contributed by atoms with Crippen LogP contribution in [0.25, 0.3) is 10.9 Å². The van der Waals surface area contributed by atoms with Crippen LogP contribution in [0.15, 0.2) is 0 Å².